The number of hydrogen-bond acceptors (Lipinski definition) is 3. The molecule has 0 saturated carbocycles. The van der Waals surface area contributed by atoms with Crippen LogP contribution in [0.15, 0.2) is 0 Å². The predicted molar refractivity (Wildman–Crippen MR) is 67.2 cm³/mol. The van der Waals surface area contributed by atoms with E-state index in [1.165, 1.54) is 6.42 Å². The molecule has 0 radical (unpaired) electrons. The van der Waals surface area contributed by atoms with Gasteiger partial charge in [-0.05, 0) is 19.5 Å². The van der Waals surface area contributed by atoms with Gasteiger partial charge < -0.3 is 5.73 Å². The van der Waals surface area contributed by atoms with E-state index in [-0.39, 0.29) is 6.29 Å². The Bertz CT molecular complexity index is 74.9. The average molecular weight is 205 g/mol. The van der Waals surface area contributed by atoms with Gasteiger partial charge in [-0.15, -0.1) is 0 Å². The maximum Gasteiger partial charge on any atom is 0.109 e. The second-order valence-corrected chi connectivity index (χ2v) is 3.13. The van der Waals surface area contributed by atoms with Crippen molar-refractivity contribution >= 4 is 0 Å². The van der Waals surface area contributed by atoms with Crippen LogP contribution in [0.2, 0.25) is 0 Å². The Kier molecular flexibility index (Phi) is 25.9. The van der Waals surface area contributed by atoms with Gasteiger partial charge in [0.1, 0.15) is 6.29 Å². The molecule has 4 N–H and O–H groups in total. The molecule has 0 aromatic carbocycles. The van der Waals surface area contributed by atoms with Crippen molar-refractivity contribution in [3.05, 3.63) is 0 Å². The third-order valence-corrected chi connectivity index (χ3v) is 1.55. The summed E-state index contributed by atoms with van der Waals surface area (Å²) in [6.45, 7) is 13.6. The highest BCUT2D eigenvalue weighted by Gasteiger charge is 1.88. The van der Waals surface area contributed by atoms with Crippen molar-refractivity contribution in [2.24, 2.45) is 11.7 Å². The molecule has 1 unspecified atom stereocenters. The van der Waals surface area contributed by atoms with E-state index in [0.29, 0.717) is 0 Å². The molecule has 0 spiro atoms. The molecule has 0 amide bonds. The van der Waals surface area contributed by atoms with Crippen LogP contribution in [0, 0.1) is 5.92 Å². The van der Waals surface area contributed by atoms with Crippen molar-refractivity contribution in [3.8, 4) is 0 Å². The highest BCUT2D eigenvalue weighted by molar-refractivity contribution is 4.46. The summed E-state index contributed by atoms with van der Waals surface area (Å²) in [5, 5.41) is 5.79. The minimum absolute atomic E-state index is 0.0509. The molecule has 0 bridgehead atoms. The van der Waals surface area contributed by atoms with E-state index in [9.17, 15) is 0 Å². The van der Waals surface area contributed by atoms with Gasteiger partial charge in [-0.3, -0.25) is 10.6 Å². The van der Waals surface area contributed by atoms with Crippen LogP contribution in [0.1, 0.15) is 48.0 Å². The van der Waals surface area contributed by atoms with E-state index < -0.39 is 0 Å². The van der Waals surface area contributed by atoms with Gasteiger partial charge in [-0.25, -0.2) is 0 Å². The maximum atomic E-state index is 5.36. The van der Waals surface area contributed by atoms with Gasteiger partial charge >= 0.3 is 0 Å². The molecule has 0 rings (SSSR count). The third kappa shape index (κ3) is 29.7. The summed E-state index contributed by atoms with van der Waals surface area (Å²) < 4.78 is 0. The maximum absolute atomic E-state index is 5.36. The first-order chi connectivity index (χ1) is 6.58. The lowest BCUT2D eigenvalue weighted by atomic mass is 10.2. The van der Waals surface area contributed by atoms with E-state index in [4.69, 9.17) is 5.73 Å². The first-order valence-corrected chi connectivity index (χ1v) is 5.74. The van der Waals surface area contributed by atoms with Crippen LogP contribution >= 0.6 is 0 Å². The highest BCUT2D eigenvalue weighted by atomic mass is 15.2. The molecule has 90 valence electrons. The van der Waals surface area contributed by atoms with Crippen LogP contribution < -0.4 is 16.4 Å². The molecule has 0 aliphatic rings. The van der Waals surface area contributed by atoms with Crippen molar-refractivity contribution < 1.29 is 0 Å². The van der Waals surface area contributed by atoms with Gasteiger partial charge in [-0.2, -0.15) is 0 Å². The van der Waals surface area contributed by atoms with Crippen LogP contribution in [-0.4, -0.2) is 19.9 Å². The zero-order chi connectivity index (χ0) is 12.0. The van der Waals surface area contributed by atoms with Crippen LogP contribution in [0.3, 0.4) is 0 Å². The molecule has 0 heterocycles. The van der Waals surface area contributed by atoms with E-state index in [0.717, 1.165) is 12.5 Å². The Labute approximate surface area is 90.8 Å². The molecular formula is C11H31N3. The number of nitrogens with one attached hydrogen (secondary N) is 2. The third-order valence-electron chi connectivity index (χ3n) is 1.55. The Morgan fingerprint density at radius 1 is 1.14 bits per heavy atom. The molecule has 0 aromatic rings. The van der Waals surface area contributed by atoms with Gasteiger partial charge in [0.25, 0.3) is 0 Å². The topological polar surface area (TPSA) is 50.1 Å². The summed E-state index contributed by atoms with van der Waals surface area (Å²) >= 11 is 0. The predicted octanol–water partition coefficient (Wildman–Crippen LogP) is 2.14. The van der Waals surface area contributed by atoms with Crippen molar-refractivity contribution in [1.29, 1.82) is 0 Å². The van der Waals surface area contributed by atoms with Crippen molar-refractivity contribution in [1.82, 2.24) is 10.6 Å². The minimum Gasteiger partial charge on any atom is -0.304 e. The fourth-order valence-corrected chi connectivity index (χ4v) is 0.322. The lowest BCUT2D eigenvalue weighted by Gasteiger charge is -2.08. The first kappa shape index (κ1) is 19.5. The zero-order valence-corrected chi connectivity index (χ0v) is 11.1. The Hall–Kier alpha value is -0.120. The highest BCUT2D eigenvalue weighted by Crippen LogP contribution is 1.93. The van der Waals surface area contributed by atoms with Crippen LogP contribution in [0.25, 0.3) is 0 Å². The SMILES string of the molecule is CC.CCC(C)C.CCNC(N)NC. The summed E-state index contributed by atoms with van der Waals surface area (Å²) in [6.07, 6.45) is 1.25. The normalized spacial score (nSPS) is 10.9. The standard InChI is InChI=1S/C5H12.C4H13N3.C2H6/c1-4-5(2)3;1-3-7-4(5)6-2;1-2/h5H,4H2,1-3H3;4,6-7H,3,5H2,1-2H3;1-2H3. The fraction of sp³-hybridized carbons (Fsp3) is 1.00. The van der Waals surface area contributed by atoms with Gasteiger partial charge in [-0.1, -0.05) is 48.0 Å². The van der Waals surface area contributed by atoms with Crippen LogP contribution in [0.4, 0.5) is 0 Å². The second-order valence-electron chi connectivity index (χ2n) is 3.13. The number of rotatable bonds is 4. The summed E-state index contributed by atoms with van der Waals surface area (Å²) in [4.78, 5) is 0. The van der Waals surface area contributed by atoms with Gasteiger partial charge in [0.2, 0.25) is 0 Å². The molecule has 0 saturated heterocycles. The second kappa shape index (κ2) is 18.6. The summed E-state index contributed by atoms with van der Waals surface area (Å²) in [6, 6.07) is 0. The molecular weight excluding hydrogens is 174 g/mol. The van der Waals surface area contributed by atoms with Crippen LogP contribution in [-0.2, 0) is 0 Å². The van der Waals surface area contributed by atoms with Crippen molar-refractivity contribution in [3.63, 3.8) is 0 Å². The molecule has 3 heteroatoms. The summed E-state index contributed by atoms with van der Waals surface area (Å²) in [5.74, 6) is 0.884. The smallest absolute Gasteiger partial charge is 0.109 e. The summed E-state index contributed by atoms with van der Waals surface area (Å²) in [7, 11) is 1.81. The Morgan fingerprint density at radius 3 is 1.57 bits per heavy atom. The van der Waals surface area contributed by atoms with Crippen molar-refractivity contribution in [2.75, 3.05) is 13.6 Å². The molecule has 3 nitrogen and oxygen atoms in total. The van der Waals surface area contributed by atoms with Crippen LogP contribution in [0.5, 0.6) is 0 Å². The molecule has 1 atom stereocenters. The van der Waals surface area contributed by atoms with Crippen molar-refractivity contribution in [2.45, 2.75) is 54.3 Å². The molecule has 0 fully saturated rings. The van der Waals surface area contributed by atoms with E-state index >= 15 is 0 Å². The van der Waals surface area contributed by atoms with Gasteiger partial charge in [0.15, 0.2) is 0 Å². The number of nitrogens with two attached hydrogens (primary N) is 1. The lowest BCUT2D eigenvalue weighted by molar-refractivity contribution is 0.483. The largest absolute Gasteiger partial charge is 0.304 e. The molecule has 0 aliphatic carbocycles. The monoisotopic (exact) mass is 205 g/mol. The molecule has 0 aliphatic heterocycles. The minimum atomic E-state index is -0.0509. The lowest BCUT2D eigenvalue weighted by Crippen LogP contribution is -2.47. The quantitative estimate of drug-likeness (QED) is 0.616. The van der Waals surface area contributed by atoms with Gasteiger partial charge in [0.05, 0.1) is 0 Å². The number of hydrogen-bond donors (Lipinski definition) is 3. The Morgan fingerprint density at radius 2 is 1.50 bits per heavy atom. The Balaban J connectivity index is -0.000000152. The van der Waals surface area contributed by atoms with Gasteiger partial charge in [0, 0.05) is 0 Å². The van der Waals surface area contributed by atoms with E-state index in [1.54, 1.807) is 0 Å². The molecule has 14 heavy (non-hydrogen) atoms. The zero-order valence-electron chi connectivity index (χ0n) is 11.1. The molecule has 0 aromatic heterocycles. The summed E-state index contributed by atoms with van der Waals surface area (Å²) in [5.41, 5.74) is 5.36. The van der Waals surface area contributed by atoms with E-state index in [2.05, 4.69) is 31.4 Å². The average Bonchev–Trinajstić information content (AvgIpc) is 2.22. The van der Waals surface area contributed by atoms with E-state index in [1.807, 2.05) is 27.8 Å². The first-order valence-electron chi connectivity index (χ1n) is 5.74. The fourth-order valence-electron chi connectivity index (χ4n) is 0.322.